The molecule has 2 aliphatic heterocycles. The van der Waals surface area contributed by atoms with Crippen LogP contribution in [0.15, 0.2) is 24.3 Å². The van der Waals surface area contributed by atoms with Gasteiger partial charge in [0.2, 0.25) is 5.95 Å². The molecular weight excluding hydrogens is 350 g/mol. The van der Waals surface area contributed by atoms with Crippen molar-refractivity contribution in [3.63, 3.8) is 0 Å². The van der Waals surface area contributed by atoms with Gasteiger partial charge < -0.3 is 14.7 Å². The van der Waals surface area contributed by atoms with Crippen molar-refractivity contribution in [2.45, 2.75) is 33.6 Å². The van der Waals surface area contributed by atoms with Gasteiger partial charge >= 0.3 is 0 Å². The summed E-state index contributed by atoms with van der Waals surface area (Å²) in [5.74, 6) is 1.95. The molecule has 6 heteroatoms. The number of benzene rings is 1. The molecule has 1 amide bonds. The summed E-state index contributed by atoms with van der Waals surface area (Å²) in [5.41, 5.74) is 4.16. The number of piperazine rings is 1. The third kappa shape index (κ3) is 3.81. The molecule has 0 bridgehead atoms. The Morgan fingerprint density at radius 3 is 2.21 bits per heavy atom. The van der Waals surface area contributed by atoms with E-state index in [9.17, 15) is 4.79 Å². The van der Waals surface area contributed by atoms with Crippen LogP contribution in [0.3, 0.4) is 0 Å². The Balaban J connectivity index is 1.44. The van der Waals surface area contributed by atoms with Crippen LogP contribution in [0.25, 0.3) is 0 Å². The first kappa shape index (κ1) is 18.7. The predicted octanol–water partition coefficient (Wildman–Crippen LogP) is 2.96. The molecule has 0 saturated carbocycles. The number of aryl methyl sites for hydroxylation is 3. The Morgan fingerprint density at radius 1 is 0.821 bits per heavy atom. The van der Waals surface area contributed by atoms with E-state index in [1.54, 1.807) is 0 Å². The first-order valence-corrected chi connectivity index (χ1v) is 10.2. The van der Waals surface area contributed by atoms with E-state index < -0.39 is 0 Å². The molecule has 2 aliphatic rings. The third-order valence-electron chi connectivity index (χ3n) is 5.86. The zero-order valence-corrected chi connectivity index (χ0v) is 17.1. The van der Waals surface area contributed by atoms with Crippen LogP contribution in [0, 0.1) is 20.8 Å². The van der Waals surface area contributed by atoms with Gasteiger partial charge in [0.15, 0.2) is 0 Å². The van der Waals surface area contributed by atoms with Crippen molar-refractivity contribution in [1.29, 1.82) is 0 Å². The molecule has 1 aromatic heterocycles. The predicted molar refractivity (Wildman–Crippen MR) is 112 cm³/mol. The summed E-state index contributed by atoms with van der Waals surface area (Å²) in [6.45, 7) is 11.3. The molecule has 0 radical (unpaired) electrons. The van der Waals surface area contributed by atoms with Crippen molar-refractivity contribution in [2.75, 3.05) is 49.1 Å². The molecular formula is C22H29N5O. The van der Waals surface area contributed by atoms with Crippen LogP contribution in [0.5, 0.6) is 0 Å². The lowest BCUT2D eigenvalue weighted by Crippen LogP contribution is -2.49. The van der Waals surface area contributed by atoms with E-state index in [1.165, 1.54) is 18.4 Å². The zero-order valence-electron chi connectivity index (χ0n) is 17.1. The van der Waals surface area contributed by atoms with Crippen LogP contribution in [0.2, 0.25) is 0 Å². The van der Waals surface area contributed by atoms with Gasteiger partial charge in [0.05, 0.1) is 0 Å². The third-order valence-corrected chi connectivity index (χ3v) is 5.86. The largest absolute Gasteiger partial charge is 0.353 e. The smallest absolute Gasteiger partial charge is 0.253 e. The second-order valence-electron chi connectivity index (χ2n) is 7.94. The van der Waals surface area contributed by atoms with E-state index in [4.69, 9.17) is 4.98 Å². The molecule has 0 atom stereocenters. The summed E-state index contributed by atoms with van der Waals surface area (Å²) in [6.07, 6.45) is 2.43. The summed E-state index contributed by atoms with van der Waals surface area (Å²) in [6, 6.07) is 8.02. The second-order valence-corrected chi connectivity index (χ2v) is 7.94. The van der Waals surface area contributed by atoms with Gasteiger partial charge in [-0.2, -0.15) is 4.98 Å². The van der Waals surface area contributed by atoms with Crippen LogP contribution in [0.4, 0.5) is 11.8 Å². The molecule has 0 spiro atoms. The van der Waals surface area contributed by atoms with Crippen molar-refractivity contribution in [3.8, 4) is 0 Å². The number of carbonyl (C=O) groups excluding carboxylic acids is 1. The number of hydrogen-bond acceptors (Lipinski definition) is 5. The van der Waals surface area contributed by atoms with Gasteiger partial charge in [0.1, 0.15) is 5.82 Å². The monoisotopic (exact) mass is 379 g/mol. The average molecular weight is 380 g/mol. The molecule has 0 unspecified atom stereocenters. The highest BCUT2D eigenvalue weighted by molar-refractivity contribution is 5.94. The standard InChI is InChI=1S/C22H29N5O/c1-16-6-7-19(14-17(16)2)21(28)26-12-10-25(11-13-26)20-15-18(3)23-22(24-20)27-8-4-5-9-27/h6-7,14-15H,4-5,8-13H2,1-3H3. The number of aromatic nitrogens is 2. The summed E-state index contributed by atoms with van der Waals surface area (Å²) in [7, 11) is 0. The molecule has 6 nitrogen and oxygen atoms in total. The number of rotatable bonds is 3. The van der Waals surface area contributed by atoms with Gasteiger partial charge in [-0.25, -0.2) is 4.98 Å². The maximum atomic E-state index is 12.9. The summed E-state index contributed by atoms with van der Waals surface area (Å²) >= 11 is 0. The van der Waals surface area contributed by atoms with E-state index in [2.05, 4.69) is 34.7 Å². The molecule has 0 aliphatic carbocycles. The van der Waals surface area contributed by atoms with Crippen LogP contribution in [0.1, 0.15) is 40.0 Å². The average Bonchev–Trinajstić information content (AvgIpc) is 3.24. The van der Waals surface area contributed by atoms with Gasteiger partial charge in [-0.3, -0.25) is 4.79 Å². The Hall–Kier alpha value is -2.63. The van der Waals surface area contributed by atoms with E-state index in [-0.39, 0.29) is 5.91 Å². The van der Waals surface area contributed by atoms with Gasteiger partial charge in [-0.15, -0.1) is 0 Å². The maximum Gasteiger partial charge on any atom is 0.253 e. The van der Waals surface area contributed by atoms with Crippen LogP contribution in [-0.2, 0) is 0 Å². The fourth-order valence-corrected chi connectivity index (χ4v) is 3.95. The molecule has 1 aromatic carbocycles. The molecule has 2 aromatic rings. The fraction of sp³-hybridized carbons (Fsp3) is 0.500. The van der Waals surface area contributed by atoms with Crippen molar-refractivity contribution in [1.82, 2.24) is 14.9 Å². The Kier molecular flexibility index (Phi) is 5.20. The van der Waals surface area contributed by atoms with Gasteiger partial charge in [0, 0.05) is 56.6 Å². The topological polar surface area (TPSA) is 52.6 Å². The molecule has 4 rings (SSSR count). The Bertz CT molecular complexity index is 867. The Morgan fingerprint density at radius 2 is 1.54 bits per heavy atom. The van der Waals surface area contributed by atoms with Crippen molar-refractivity contribution >= 4 is 17.7 Å². The zero-order chi connectivity index (χ0) is 19.7. The molecule has 0 N–H and O–H groups in total. The first-order valence-electron chi connectivity index (χ1n) is 10.2. The highest BCUT2D eigenvalue weighted by atomic mass is 16.2. The molecule has 28 heavy (non-hydrogen) atoms. The fourth-order valence-electron chi connectivity index (χ4n) is 3.95. The molecule has 2 saturated heterocycles. The minimum absolute atomic E-state index is 0.124. The minimum atomic E-state index is 0.124. The number of amides is 1. The van der Waals surface area contributed by atoms with E-state index in [0.29, 0.717) is 13.1 Å². The number of carbonyl (C=O) groups is 1. The highest BCUT2D eigenvalue weighted by Crippen LogP contribution is 2.22. The lowest BCUT2D eigenvalue weighted by atomic mass is 10.1. The van der Waals surface area contributed by atoms with Crippen molar-refractivity contribution in [3.05, 3.63) is 46.6 Å². The molecule has 148 valence electrons. The lowest BCUT2D eigenvalue weighted by Gasteiger charge is -2.36. The normalized spacial score (nSPS) is 17.3. The van der Waals surface area contributed by atoms with Crippen molar-refractivity contribution in [2.24, 2.45) is 0 Å². The summed E-state index contributed by atoms with van der Waals surface area (Å²) in [4.78, 5) is 28.8. The first-order chi connectivity index (χ1) is 13.5. The Labute approximate surface area is 167 Å². The van der Waals surface area contributed by atoms with Crippen LogP contribution in [-0.4, -0.2) is 60.0 Å². The van der Waals surface area contributed by atoms with E-state index >= 15 is 0 Å². The minimum Gasteiger partial charge on any atom is -0.353 e. The SMILES string of the molecule is Cc1cc(N2CCN(C(=O)c3ccc(C)c(C)c3)CC2)nc(N2CCCC2)n1. The summed E-state index contributed by atoms with van der Waals surface area (Å²) < 4.78 is 0. The second kappa shape index (κ2) is 7.78. The lowest BCUT2D eigenvalue weighted by molar-refractivity contribution is 0.0746. The van der Waals surface area contributed by atoms with Crippen molar-refractivity contribution < 1.29 is 4.79 Å². The van der Waals surface area contributed by atoms with Crippen LogP contribution >= 0.6 is 0 Å². The van der Waals surface area contributed by atoms with Gasteiger partial charge in [-0.05, 0) is 56.9 Å². The maximum absolute atomic E-state index is 12.9. The summed E-state index contributed by atoms with van der Waals surface area (Å²) in [5, 5.41) is 0. The number of hydrogen-bond donors (Lipinski definition) is 0. The van der Waals surface area contributed by atoms with Gasteiger partial charge in [0.25, 0.3) is 5.91 Å². The number of anilines is 2. The van der Waals surface area contributed by atoms with E-state index in [0.717, 1.165) is 54.8 Å². The number of nitrogens with zero attached hydrogens (tertiary/aromatic N) is 5. The highest BCUT2D eigenvalue weighted by Gasteiger charge is 2.24. The van der Waals surface area contributed by atoms with Gasteiger partial charge in [-0.1, -0.05) is 6.07 Å². The molecule has 3 heterocycles. The molecule has 2 fully saturated rings. The van der Waals surface area contributed by atoms with E-state index in [1.807, 2.05) is 30.0 Å². The quantitative estimate of drug-likeness (QED) is 0.821. The van der Waals surface area contributed by atoms with Crippen LogP contribution < -0.4 is 9.80 Å².